The van der Waals surface area contributed by atoms with Crippen molar-refractivity contribution in [2.45, 2.75) is 32.9 Å². The maximum absolute atomic E-state index is 11.9. The molecule has 1 saturated heterocycles. The molecule has 1 aromatic rings. The molecule has 1 atom stereocenters. The average Bonchev–Trinajstić information content (AvgIpc) is 3.20. The fraction of sp³-hybridized carbons (Fsp3) is 0.500. The van der Waals surface area contributed by atoms with Gasteiger partial charge in [-0.1, -0.05) is 0 Å². The van der Waals surface area contributed by atoms with Crippen LogP contribution in [0.2, 0.25) is 0 Å². The number of rotatable bonds is 6. The van der Waals surface area contributed by atoms with E-state index in [9.17, 15) is 19.2 Å². The van der Waals surface area contributed by atoms with Crippen molar-refractivity contribution < 1.29 is 28.3 Å². The van der Waals surface area contributed by atoms with Crippen LogP contribution in [0.5, 0.6) is 0 Å². The maximum Gasteiger partial charge on any atom is 0.321 e. The van der Waals surface area contributed by atoms with Gasteiger partial charge in [0.2, 0.25) is 5.91 Å². The lowest BCUT2D eigenvalue weighted by atomic mass is 10.1. The Morgan fingerprint density at radius 2 is 2.16 bits per heavy atom. The van der Waals surface area contributed by atoms with Crippen molar-refractivity contribution >= 4 is 23.8 Å². The number of carbonyl (C=O) groups excluding carboxylic acids is 4. The van der Waals surface area contributed by atoms with Gasteiger partial charge >= 0.3 is 12.0 Å². The Bertz CT molecular complexity index is 640. The smallest absolute Gasteiger partial charge is 0.321 e. The standard InChI is InChI=1S/C16H21N3O6/c1-10(2)19-8-11(6-14(19)21)15(22)25-9-13(20)18-16(23)17-7-12-4-3-5-24-12/h3-5,10-11H,6-9H2,1-2H3,(H2,17,18,20,23). The molecule has 2 rings (SSSR count). The van der Waals surface area contributed by atoms with Crippen LogP contribution >= 0.6 is 0 Å². The lowest BCUT2D eigenvalue weighted by molar-refractivity contribution is -0.152. The van der Waals surface area contributed by atoms with Gasteiger partial charge in [-0.3, -0.25) is 19.7 Å². The molecule has 1 unspecified atom stereocenters. The maximum atomic E-state index is 11.9. The van der Waals surface area contributed by atoms with Crippen molar-refractivity contribution in [3.8, 4) is 0 Å². The van der Waals surface area contributed by atoms with E-state index >= 15 is 0 Å². The Morgan fingerprint density at radius 1 is 1.40 bits per heavy atom. The Morgan fingerprint density at radius 3 is 2.76 bits per heavy atom. The molecule has 0 spiro atoms. The minimum Gasteiger partial charge on any atom is -0.467 e. The van der Waals surface area contributed by atoms with Crippen LogP contribution in [0, 0.1) is 5.92 Å². The molecule has 1 aliphatic heterocycles. The molecular formula is C16H21N3O6. The Labute approximate surface area is 144 Å². The first-order chi connectivity index (χ1) is 11.9. The van der Waals surface area contributed by atoms with Gasteiger partial charge in [-0.2, -0.15) is 0 Å². The Balaban J connectivity index is 1.68. The number of nitrogens with one attached hydrogen (secondary N) is 2. The third-order valence-corrected chi connectivity index (χ3v) is 3.72. The summed E-state index contributed by atoms with van der Waals surface area (Å²) < 4.78 is 9.92. The van der Waals surface area contributed by atoms with E-state index in [-0.39, 0.29) is 31.5 Å². The highest BCUT2D eigenvalue weighted by molar-refractivity contribution is 5.96. The summed E-state index contributed by atoms with van der Waals surface area (Å²) in [5.41, 5.74) is 0. The monoisotopic (exact) mass is 351 g/mol. The molecule has 0 aliphatic carbocycles. The van der Waals surface area contributed by atoms with Crippen LogP contribution < -0.4 is 10.6 Å². The third-order valence-electron chi connectivity index (χ3n) is 3.72. The normalized spacial score (nSPS) is 16.8. The topological polar surface area (TPSA) is 118 Å². The molecule has 2 N–H and O–H groups in total. The summed E-state index contributed by atoms with van der Waals surface area (Å²) in [5, 5.41) is 4.47. The molecule has 0 aromatic carbocycles. The Kier molecular flexibility index (Phi) is 6.15. The fourth-order valence-corrected chi connectivity index (χ4v) is 2.43. The molecule has 1 fully saturated rings. The molecule has 1 aromatic heterocycles. The zero-order chi connectivity index (χ0) is 18.4. The molecule has 0 saturated carbocycles. The number of urea groups is 1. The van der Waals surface area contributed by atoms with E-state index in [1.807, 2.05) is 19.2 Å². The number of amides is 4. The molecular weight excluding hydrogens is 330 g/mol. The lowest BCUT2D eigenvalue weighted by Gasteiger charge is -2.20. The van der Waals surface area contributed by atoms with E-state index in [2.05, 4.69) is 5.32 Å². The van der Waals surface area contributed by atoms with Crippen molar-refractivity contribution in [1.82, 2.24) is 15.5 Å². The van der Waals surface area contributed by atoms with Crippen LogP contribution in [0.3, 0.4) is 0 Å². The van der Waals surface area contributed by atoms with Gasteiger partial charge in [0.05, 0.1) is 18.7 Å². The van der Waals surface area contributed by atoms with Gasteiger partial charge in [-0.05, 0) is 26.0 Å². The quantitative estimate of drug-likeness (QED) is 0.717. The van der Waals surface area contributed by atoms with Crippen LogP contribution in [0.1, 0.15) is 26.0 Å². The van der Waals surface area contributed by atoms with Crippen molar-refractivity contribution in [3.63, 3.8) is 0 Å². The van der Waals surface area contributed by atoms with Gasteiger partial charge < -0.3 is 19.4 Å². The van der Waals surface area contributed by atoms with E-state index in [0.717, 1.165) is 0 Å². The molecule has 136 valence electrons. The number of nitrogens with zero attached hydrogens (tertiary/aromatic N) is 1. The molecule has 9 heteroatoms. The zero-order valence-corrected chi connectivity index (χ0v) is 14.1. The molecule has 2 heterocycles. The first-order valence-corrected chi connectivity index (χ1v) is 7.93. The predicted molar refractivity (Wildman–Crippen MR) is 85.0 cm³/mol. The van der Waals surface area contributed by atoms with Crippen LogP contribution in [0.15, 0.2) is 22.8 Å². The van der Waals surface area contributed by atoms with Gasteiger partial charge in [0.1, 0.15) is 5.76 Å². The predicted octanol–water partition coefficient (Wildman–Crippen LogP) is 0.406. The summed E-state index contributed by atoms with van der Waals surface area (Å²) in [5.74, 6) is -1.54. The number of ether oxygens (including phenoxy) is 1. The van der Waals surface area contributed by atoms with Crippen molar-refractivity contribution in [3.05, 3.63) is 24.2 Å². The molecule has 25 heavy (non-hydrogen) atoms. The fourth-order valence-electron chi connectivity index (χ4n) is 2.43. The number of imide groups is 1. The highest BCUT2D eigenvalue weighted by Gasteiger charge is 2.36. The van der Waals surface area contributed by atoms with E-state index < -0.39 is 30.4 Å². The molecule has 4 amide bonds. The van der Waals surface area contributed by atoms with Gasteiger partial charge in [0, 0.05) is 19.0 Å². The van der Waals surface area contributed by atoms with Crippen molar-refractivity contribution in [2.24, 2.45) is 5.92 Å². The number of furan rings is 1. The summed E-state index contributed by atoms with van der Waals surface area (Å²) in [4.78, 5) is 48.4. The number of likely N-dealkylation sites (tertiary alicyclic amines) is 1. The minimum absolute atomic E-state index is 0.00598. The number of carbonyl (C=O) groups is 4. The average molecular weight is 351 g/mol. The summed E-state index contributed by atoms with van der Waals surface area (Å²) in [6.45, 7) is 3.54. The van der Waals surface area contributed by atoms with E-state index in [1.54, 1.807) is 17.0 Å². The number of esters is 1. The lowest BCUT2D eigenvalue weighted by Crippen LogP contribution is -2.41. The molecule has 9 nitrogen and oxygen atoms in total. The Hall–Kier alpha value is -2.84. The molecule has 1 aliphatic rings. The molecule has 0 radical (unpaired) electrons. The highest BCUT2D eigenvalue weighted by atomic mass is 16.5. The second-order valence-electron chi connectivity index (χ2n) is 5.96. The summed E-state index contributed by atoms with van der Waals surface area (Å²) in [7, 11) is 0. The largest absolute Gasteiger partial charge is 0.467 e. The third kappa shape index (κ3) is 5.33. The van der Waals surface area contributed by atoms with Crippen LogP contribution in [-0.4, -0.2) is 47.9 Å². The molecule has 0 bridgehead atoms. The van der Waals surface area contributed by atoms with Crippen LogP contribution in [0.4, 0.5) is 4.79 Å². The van der Waals surface area contributed by atoms with E-state index in [0.29, 0.717) is 5.76 Å². The summed E-state index contributed by atoms with van der Waals surface area (Å²) in [6, 6.07) is 2.63. The van der Waals surface area contributed by atoms with Crippen LogP contribution in [0.25, 0.3) is 0 Å². The number of hydrogen-bond acceptors (Lipinski definition) is 6. The SMILES string of the molecule is CC(C)N1CC(C(=O)OCC(=O)NC(=O)NCc2ccco2)CC1=O. The second-order valence-corrected chi connectivity index (χ2v) is 5.96. The summed E-state index contributed by atoms with van der Waals surface area (Å²) >= 11 is 0. The first-order valence-electron chi connectivity index (χ1n) is 7.93. The van der Waals surface area contributed by atoms with Gasteiger partial charge in [0.15, 0.2) is 6.61 Å². The van der Waals surface area contributed by atoms with Crippen molar-refractivity contribution in [2.75, 3.05) is 13.2 Å². The second kappa shape index (κ2) is 8.32. The highest BCUT2D eigenvalue weighted by Crippen LogP contribution is 2.21. The van der Waals surface area contributed by atoms with E-state index in [4.69, 9.17) is 9.15 Å². The minimum atomic E-state index is -0.754. The van der Waals surface area contributed by atoms with Gasteiger partial charge in [-0.15, -0.1) is 0 Å². The zero-order valence-electron chi connectivity index (χ0n) is 14.1. The van der Waals surface area contributed by atoms with Crippen LogP contribution in [-0.2, 0) is 25.7 Å². The van der Waals surface area contributed by atoms with Gasteiger partial charge in [0.25, 0.3) is 5.91 Å². The van der Waals surface area contributed by atoms with Crippen molar-refractivity contribution in [1.29, 1.82) is 0 Å². The summed E-state index contributed by atoms with van der Waals surface area (Å²) in [6.07, 6.45) is 1.54. The first kappa shape index (κ1) is 18.5. The number of hydrogen-bond donors (Lipinski definition) is 2. The van der Waals surface area contributed by atoms with E-state index in [1.165, 1.54) is 6.26 Å². The van der Waals surface area contributed by atoms with Gasteiger partial charge in [-0.25, -0.2) is 4.79 Å².